The molecule has 1 saturated carbocycles. The van der Waals surface area contributed by atoms with Crippen LogP contribution in [0.15, 0.2) is 22.1 Å². The average molecular weight is 224 g/mol. The first-order chi connectivity index (χ1) is 5.68. The molecule has 66 valence electrons. The van der Waals surface area contributed by atoms with E-state index in [2.05, 4.69) is 4.98 Å². The van der Waals surface area contributed by atoms with Gasteiger partial charge in [0.15, 0.2) is 0 Å². The van der Waals surface area contributed by atoms with Crippen molar-refractivity contribution >= 4 is 35.0 Å². The van der Waals surface area contributed by atoms with E-state index in [0.717, 1.165) is 12.2 Å². The molecule has 5 heteroatoms. The van der Waals surface area contributed by atoms with Gasteiger partial charge in [-0.2, -0.15) is 0 Å². The molecule has 0 radical (unpaired) electrons. The second kappa shape index (κ2) is 3.13. The number of oxazole rings is 1. The van der Waals surface area contributed by atoms with Crippen LogP contribution in [0.2, 0.25) is 0 Å². The fourth-order valence-electron chi connectivity index (χ4n) is 0.904. The average Bonchev–Trinajstić information content (AvgIpc) is 2.54. The molecule has 2 rings (SSSR count). The summed E-state index contributed by atoms with van der Waals surface area (Å²) in [6, 6.07) is 0. The van der Waals surface area contributed by atoms with Crippen molar-refractivity contribution in [2.24, 2.45) is 5.92 Å². The second-order valence-corrected chi connectivity index (χ2v) is 5.28. The van der Waals surface area contributed by atoms with E-state index in [0.29, 0.717) is 11.1 Å². The molecular formula is C7H7Cl2NOS. The third-order valence-electron chi connectivity index (χ3n) is 1.77. The van der Waals surface area contributed by atoms with Gasteiger partial charge >= 0.3 is 0 Å². The summed E-state index contributed by atoms with van der Waals surface area (Å²) in [6.07, 6.45) is 4.07. The third-order valence-corrected chi connectivity index (χ3v) is 3.72. The Hall–Kier alpha value is 0.140. The van der Waals surface area contributed by atoms with E-state index in [9.17, 15) is 0 Å². The molecule has 0 aromatic carbocycles. The second-order valence-electron chi connectivity index (χ2n) is 2.77. The fourth-order valence-corrected chi connectivity index (χ4v) is 2.62. The quantitative estimate of drug-likeness (QED) is 0.583. The molecule has 1 aliphatic rings. The van der Waals surface area contributed by atoms with Gasteiger partial charge in [-0.05, 0) is 6.42 Å². The lowest BCUT2D eigenvalue weighted by Gasteiger charge is -1.95. The van der Waals surface area contributed by atoms with Crippen LogP contribution in [0.3, 0.4) is 0 Å². The summed E-state index contributed by atoms with van der Waals surface area (Å²) in [5.74, 6) is 1.27. The van der Waals surface area contributed by atoms with Gasteiger partial charge in [-0.1, -0.05) is 11.8 Å². The van der Waals surface area contributed by atoms with Crippen molar-refractivity contribution in [3.8, 4) is 0 Å². The van der Waals surface area contributed by atoms with E-state index in [4.69, 9.17) is 27.6 Å². The molecule has 1 unspecified atom stereocenters. The van der Waals surface area contributed by atoms with Crippen LogP contribution in [0.5, 0.6) is 0 Å². The van der Waals surface area contributed by atoms with Gasteiger partial charge in [0, 0.05) is 11.7 Å². The minimum Gasteiger partial charge on any atom is -0.440 e. The summed E-state index contributed by atoms with van der Waals surface area (Å²) >= 11 is 13.3. The van der Waals surface area contributed by atoms with E-state index in [1.54, 1.807) is 24.2 Å². The molecule has 0 saturated heterocycles. The van der Waals surface area contributed by atoms with Gasteiger partial charge in [0.25, 0.3) is 5.22 Å². The number of rotatable bonds is 3. The molecule has 1 heterocycles. The minimum absolute atomic E-state index is 0.387. The van der Waals surface area contributed by atoms with Crippen molar-refractivity contribution in [3.05, 3.63) is 12.5 Å². The summed E-state index contributed by atoms with van der Waals surface area (Å²) in [7, 11) is 0. The van der Waals surface area contributed by atoms with Crippen molar-refractivity contribution in [1.82, 2.24) is 4.98 Å². The maximum atomic E-state index is 5.85. The van der Waals surface area contributed by atoms with E-state index >= 15 is 0 Å². The number of aromatic nitrogens is 1. The van der Waals surface area contributed by atoms with E-state index in [1.165, 1.54) is 0 Å². The molecule has 0 N–H and O–H groups in total. The summed E-state index contributed by atoms with van der Waals surface area (Å²) in [5, 5.41) is 0.686. The molecular weight excluding hydrogens is 217 g/mol. The fraction of sp³-hybridized carbons (Fsp3) is 0.571. The van der Waals surface area contributed by atoms with Gasteiger partial charge in [-0.3, -0.25) is 0 Å². The van der Waals surface area contributed by atoms with E-state index < -0.39 is 4.33 Å². The molecule has 0 spiro atoms. The summed E-state index contributed by atoms with van der Waals surface area (Å²) < 4.78 is 4.56. The molecule has 1 fully saturated rings. The smallest absolute Gasteiger partial charge is 0.255 e. The summed E-state index contributed by atoms with van der Waals surface area (Å²) in [4.78, 5) is 3.97. The highest BCUT2D eigenvalue weighted by Crippen LogP contribution is 2.54. The maximum Gasteiger partial charge on any atom is 0.255 e. The third kappa shape index (κ3) is 1.90. The predicted octanol–water partition coefficient (Wildman–Crippen LogP) is 2.96. The van der Waals surface area contributed by atoms with E-state index in [-0.39, 0.29) is 0 Å². The Morgan fingerprint density at radius 1 is 1.75 bits per heavy atom. The Morgan fingerprint density at radius 3 is 3.00 bits per heavy atom. The van der Waals surface area contributed by atoms with Crippen LogP contribution in [0.1, 0.15) is 6.42 Å². The summed E-state index contributed by atoms with van der Waals surface area (Å²) in [6.45, 7) is 0. The standard InChI is InChI=1S/C7H7Cl2NOS/c8-7(9)3-5(7)4-12-6-10-1-2-11-6/h1-2,5H,3-4H2. The number of hydrogen-bond donors (Lipinski definition) is 0. The molecule has 1 aromatic rings. The zero-order chi connectivity index (χ0) is 8.60. The number of halogens is 2. The Morgan fingerprint density at radius 2 is 2.50 bits per heavy atom. The van der Waals surface area contributed by atoms with Crippen LogP contribution >= 0.6 is 35.0 Å². The topological polar surface area (TPSA) is 26.0 Å². The predicted molar refractivity (Wildman–Crippen MR) is 49.8 cm³/mol. The largest absolute Gasteiger partial charge is 0.440 e. The first kappa shape index (κ1) is 8.73. The van der Waals surface area contributed by atoms with Crippen molar-refractivity contribution in [3.63, 3.8) is 0 Å². The first-order valence-corrected chi connectivity index (χ1v) is 5.33. The first-order valence-electron chi connectivity index (χ1n) is 3.58. The zero-order valence-corrected chi connectivity index (χ0v) is 8.49. The minimum atomic E-state index is -0.487. The van der Waals surface area contributed by atoms with Crippen molar-refractivity contribution in [2.45, 2.75) is 16.0 Å². The van der Waals surface area contributed by atoms with Gasteiger partial charge in [0.2, 0.25) is 0 Å². The lowest BCUT2D eigenvalue weighted by molar-refractivity contribution is 0.454. The molecule has 0 amide bonds. The van der Waals surface area contributed by atoms with Crippen LogP contribution < -0.4 is 0 Å². The lowest BCUT2D eigenvalue weighted by Crippen LogP contribution is -1.92. The summed E-state index contributed by atoms with van der Waals surface area (Å²) in [5.41, 5.74) is 0. The van der Waals surface area contributed by atoms with Crippen LogP contribution in [0.4, 0.5) is 0 Å². The van der Waals surface area contributed by atoms with E-state index in [1.807, 2.05) is 0 Å². The van der Waals surface area contributed by atoms with Crippen molar-refractivity contribution < 1.29 is 4.42 Å². The Bertz CT molecular complexity index is 262. The van der Waals surface area contributed by atoms with Crippen LogP contribution in [-0.2, 0) is 0 Å². The molecule has 1 atom stereocenters. The van der Waals surface area contributed by atoms with Gasteiger partial charge in [0.1, 0.15) is 10.6 Å². The zero-order valence-electron chi connectivity index (χ0n) is 6.17. The SMILES string of the molecule is ClC1(Cl)CC1CSc1ncco1. The molecule has 12 heavy (non-hydrogen) atoms. The van der Waals surface area contributed by atoms with Crippen LogP contribution in [0.25, 0.3) is 0 Å². The van der Waals surface area contributed by atoms with Gasteiger partial charge in [-0.15, -0.1) is 23.2 Å². The maximum absolute atomic E-state index is 5.85. The molecule has 1 aromatic heterocycles. The molecule has 1 aliphatic carbocycles. The Labute approximate surface area is 84.6 Å². The van der Waals surface area contributed by atoms with Gasteiger partial charge in [0.05, 0.1) is 6.20 Å². The van der Waals surface area contributed by atoms with Crippen LogP contribution in [-0.4, -0.2) is 15.1 Å². The molecule has 0 bridgehead atoms. The van der Waals surface area contributed by atoms with Crippen molar-refractivity contribution in [2.75, 3.05) is 5.75 Å². The lowest BCUT2D eigenvalue weighted by atomic mass is 10.5. The highest BCUT2D eigenvalue weighted by atomic mass is 35.5. The van der Waals surface area contributed by atoms with Gasteiger partial charge in [-0.25, -0.2) is 4.98 Å². The highest BCUT2D eigenvalue weighted by molar-refractivity contribution is 7.99. The normalized spacial score (nSPS) is 25.7. The number of alkyl halides is 2. The Balaban J connectivity index is 1.78. The molecule has 0 aliphatic heterocycles. The highest BCUT2D eigenvalue weighted by Gasteiger charge is 2.51. The van der Waals surface area contributed by atoms with Crippen molar-refractivity contribution in [1.29, 1.82) is 0 Å². The number of hydrogen-bond acceptors (Lipinski definition) is 3. The van der Waals surface area contributed by atoms with Crippen LogP contribution in [0, 0.1) is 5.92 Å². The Kier molecular flexibility index (Phi) is 2.27. The molecule has 2 nitrogen and oxygen atoms in total. The number of nitrogens with zero attached hydrogens (tertiary/aromatic N) is 1. The monoisotopic (exact) mass is 223 g/mol. The number of thioether (sulfide) groups is 1. The van der Waals surface area contributed by atoms with Gasteiger partial charge < -0.3 is 4.42 Å².